The van der Waals surface area contributed by atoms with Crippen molar-refractivity contribution in [2.24, 2.45) is 0 Å². The molecule has 6 nitrogen and oxygen atoms in total. The fraction of sp³-hybridized carbons (Fsp3) is 0.235. The van der Waals surface area contributed by atoms with E-state index in [1.54, 1.807) is 13.8 Å². The van der Waals surface area contributed by atoms with Gasteiger partial charge < -0.3 is 14.6 Å². The second-order valence-electron chi connectivity index (χ2n) is 5.13. The molecule has 1 aromatic carbocycles. The third-order valence-electron chi connectivity index (χ3n) is 2.60. The van der Waals surface area contributed by atoms with E-state index in [1.807, 2.05) is 0 Å². The van der Waals surface area contributed by atoms with Crippen LogP contribution in [0.5, 0.6) is 0 Å². The SMILES string of the molecule is C=C(C)COC(=O)c1ccc(C(=O)OCC(=C)C)c(C(=O)O)c1. The molecular formula is C17H18O6. The van der Waals surface area contributed by atoms with Crippen molar-refractivity contribution in [3.05, 3.63) is 59.2 Å². The van der Waals surface area contributed by atoms with Crippen LogP contribution in [-0.4, -0.2) is 36.2 Å². The topological polar surface area (TPSA) is 89.9 Å². The van der Waals surface area contributed by atoms with Crippen LogP contribution in [0.25, 0.3) is 0 Å². The van der Waals surface area contributed by atoms with E-state index < -0.39 is 17.9 Å². The normalized spacial score (nSPS) is 9.83. The molecule has 0 aliphatic heterocycles. The van der Waals surface area contributed by atoms with Gasteiger partial charge in [0.05, 0.1) is 16.7 Å². The van der Waals surface area contributed by atoms with E-state index in [1.165, 1.54) is 12.1 Å². The Balaban J connectivity index is 3.04. The summed E-state index contributed by atoms with van der Waals surface area (Å²) < 4.78 is 9.87. The number of carbonyl (C=O) groups excluding carboxylic acids is 2. The minimum absolute atomic E-state index is 0.0136. The van der Waals surface area contributed by atoms with E-state index in [0.717, 1.165) is 6.07 Å². The zero-order valence-corrected chi connectivity index (χ0v) is 13.0. The first-order valence-corrected chi connectivity index (χ1v) is 6.72. The molecule has 0 heterocycles. The average molecular weight is 318 g/mol. The molecule has 0 bridgehead atoms. The monoisotopic (exact) mass is 318 g/mol. The number of benzene rings is 1. The Morgan fingerprint density at radius 1 is 0.957 bits per heavy atom. The smallest absolute Gasteiger partial charge is 0.339 e. The van der Waals surface area contributed by atoms with Crippen molar-refractivity contribution in [1.29, 1.82) is 0 Å². The molecule has 0 spiro atoms. The molecule has 0 atom stereocenters. The maximum Gasteiger partial charge on any atom is 0.339 e. The Hall–Kier alpha value is -2.89. The number of rotatable bonds is 7. The van der Waals surface area contributed by atoms with Crippen LogP contribution >= 0.6 is 0 Å². The van der Waals surface area contributed by atoms with Gasteiger partial charge in [0.2, 0.25) is 0 Å². The van der Waals surface area contributed by atoms with E-state index in [0.29, 0.717) is 11.1 Å². The van der Waals surface area contributed by atoms with Gasteiger partial charge in [-0.05, 0) is 43.2 Å². The van der Waals surface area contributed by atoms with Crippen molar-refractivity contribution in [3.8, 4) is 0 Å². The highest BCUT2D eigenvalue weighted by Crippen LogP contribution is 2.15. The van der Waals surface area contributed by atoms with Gasteiger partial charge in [-0.3, -0.25) is 0 Å². The van der Waals surface area contributed by atoms with Crippen molar-refractivity contribution in [1.82, 2.24) is 0 Å². The quantitative estimate of drug-likeness (QED) is 0.614. The summed E-state index contributed by atoms with van der Waals surface area (Å²) in [5, 5.41) is 9.22. The van der Waals surface area contributed by atoms with Crippen LogP contribution in [0.2, 0.25) is 0 Å². The van der Waals surface area contributed by atoms with Crippen LogP contribution in [0.3, 0.4) is 0 Å². The minimum atomic E-state index is -1.35. The van der Waals surface area contributed by atoms with Gasteiger partial charge in [-0.25, -0.2) is 14.4 Å². The van der Waals surface area contributed by atoms with Crippen LogP contribution < -0.4 is 0 Å². The number of hydrogen-bond acceptors (Lipinski definition) is 5. The number of carboxylic acids is 1. The highest BCUT2D eigenvalue weighted by molar-refractivity contribution is 6.04. The number of carbonyl (C=O) groups is 3. The number of hydrogen-bond donors (Lipinski definition) is 1. The molecule has 1 N–H and O–H groups in total. The first kappa shape index (κ1) is 18.2. The Morgan fingerprint density at radius 3 is 1.96 bits per heavy atom. The van der Waals surface area contributed by atoms with Crippen molar-refractivity contribution in [2.75, 3.05) is 13.2 Å². The molecule has 0 radical (unpaired) electrons. The number of esters is 2. The number of carboxylic acid groups (broad SMARTS) is 1. The molecule has 122 valence electrons. The second kappa shape index (κ2) is 7.93. The molecule has 0 amide bonds. The van der Waals surface area contributed by atoms with E-state index in [2.05, 4.69) is 13.2 Å². The van der Waals surface area contributed by atoms with Gasteiger partial charge >= 0.3 is 17.9 Å². The Labute approximate surface area is 134 Å². The molecule has 0 fully saturated rings. The summed E-state index contributed by atoms with van der Waals surface area (Å²) in [5.41, 5.74) is 0.823. The van der Waals surface area contributed by atoms with E-state index in [-0.39, 0.29) is 29.9 Å². The van der Waals surface area contributed by atoms with Gasteiger partial charge in [-0.2, -0.15) is 0 Å². The molecule has 0 saturated carbocycles. The van der Waals surface area contributed by atoms with Gasteiger partial charge in [-0.1, -0.05) is 13.2 Å². The lowest BCUT2D eigenvalue weighted by molar-refractivity contribution is 0.0519. The van der Waals surface area contributed by atoms with Crippen molar-refractivity contribution in [2.45, 2.75) is 13.8 Å². The van der Waals surface area contributed by atoms with Gasteiger partial charge in [0.15, 0.2) is 0 Å². The van der Waals surface area contributed by atoms with Crippen LogP contribution in [0.4, 0.5) is 0 Å². The Bertz CT molecular complexity index is 672. The lowest BCUT2D eigenvalue weighted by Gasteiger charge is -2.09. The fourth-order valence-electron chi connectivity index (χ4n) is 1.56. The second-order valence-corrected chi connectivity index (χ2v) is 5.13. The molecule has 1 rings (SSSR count). The Morgan fingerprint density at radius 2 is 1.48 bits per heavy atom. The molecule has 0 aromatic heterocycles. The molecule has 0 aliphatic carbocycles. The third kappa shape index (κ3) is 5.43. The van der Waals surface area contributed by atoms with E-state index in [4.69, 9.17) is 9.47 Å². The van der Waals surface area contributed by atoms with Crippen molar-refractivity contribution >= 4 is 17.9 Å². The summed E-state index contributed by atoms with van der Waals surface area (Å²) >= 11 is 0. The fourth-order valence-corrected chi connectivity index (χ4v) is 1.56. The van der Waals surface area contributed by atoms with Gasteiger partial charge in [0.25, 0.3) is 0 Å². The maximum absolute atomic E-state index is 11.9. The molecule has 0 saturated heterocycles. The predicted octanol–water partition coefficient (Wildman–Crippen LogP) is 2.85. The summed E-state index contributed by atoms with van der Waals surface area (Å²) in [6.07, 6.45) is 0. The summed E-state index contributed by atoms with van der Waals surface area (Å²) in [6, 6.07) is 3.62. The summed E-state index contributed by atoms with van der Waals surface area (Å²) in [4.78, 5) is 35.1. The number of aromatic carboxylic acids is 1. The molecule has 0 unspecified atom stereocenters. The summed E-state index contributed by atoms with van der Waals surface area (Å²) in [6.45, 7) is 10.6. The van der Waals surface area contributed by atoms with E-state index in [9.17, 15) is 19.5 Å². The zero-order valence-electron chi connectivity index (χ0n) is 13.0. The molecule has 1 aromatic rings. The molecular weight excluding hydrogens is 300 g/mol. The Kier molecular flexibility index (Phi) is 6.26. The predicted molar refractivity (Wildman–Crippen MR) is 83.6 cm³/mol. The van der Waals surface area contributed by atoms with Crippen molar-refractivity contribution in [3.63, 3.8) is 0 Å². The van der Waals surface area contributed by atoms with Crippen molar-refractivity contribution < 1.29 is 29.0 Å². The lowest BCUT2D eigenvalue weighted by atomic mass is 10.0. The number of ether oxygens (including phenoxy) is 2. The van der Waals surface area contributed by atoms with Crippen LogP contribution in [0.1, 0.15) is 44.9 Å². The molecule has 0 aliphatic rings. The first-order chi connectivity index (χ1) is 10.7. The third-order valence-corrected chi connectivity index (χ3v) is 2.60. The summed E-state index contributed by atoms with van der Waals surface area (Å²) in [7, 11) is 0. The molecule has 23 heavy (non-hydrogen) atoms. The highest BCUT2D eigenvalue weighted by Gasteiger charge is 2.20. The summed E-state index contributed by atoms with van der Waals surface area (Å²) in [5.74, 6) is -2.84. The van der Waals surface area contributed by atoms with Crippen LogP contribution in [0, 0.1) is 0 Å². The van der Waals surface area contributed by atoms with Gasteiger partial charge in [0.1, 0.15) is 13.2 Å². The average Bonchev–Trinajstić information content (AvgIpc) is 2.49. The van der Waals surface area contributed by atoms with Gasteiger partial charge in [0, 0.05) is 0 Å². The van der Waals surface area contributed by atoms with Gasteiger partial charge in [-0.15, -0.1) is 0 Å². The van der Waals surface area contributed by atoms with Crippen LogP contribution in [-0.2, 0) is 9.47 Å². The lowest BCUT2D eigenvalue weighted by Crippen LogP contribution is -2.15. The first-order valence-electron chi connectivity index (χ1n) is 6.72. The largest absolute Gasteiger partial charge is 0.478 e. The van der Waals surface area contributed by atoms with E-state index >= 15 is 0 Å². The minimum Gasteiger partial charge on any atom is -0.478 e. The maximum atomic E-state index is 11.9. The standard InChI is InChI=1S/C17H18O6/c1-10(2)8-22-16(20)12-5-6-13(14(7-12)15(18)19)17(21)23-9-11(3)4/h5-7H,1,3,8-9H2,2,4H3,(H,18,19). The molecule has 6 heteroatoms. The van der Waals surface area contributed by atoms with Crippen LogP contribution in [0.15, 0.2) is 42.5 Å². The highest BCUT2D eigenvalue weighted by atomic mass is 16.5. The zero-order chi connectivity index (χ0) is 17.6.